The normalized spacial score (nSPS) is 10.6. The summed E-state index contributed by atoms with van der Waals surface area (Å²) < 4.78 is 4.54. The van der Waals surface area contributed by atoms with Gasteiger partial charge >= 0.3 is 5.97 Å². The van der Waals surface area contributed by atoms with Crippen molar-refractivity contribution < 1.29 is 14.3 Å². The van der Waals surface area contributed by atoms with E-state index in [0.717, 1.165) is 10.9 Å². The Morgan fingerprint density at radius 1 is 1.32 bits per heavy atom. The second-order valence-corrected chi connectivity index (χ2v) is 5.16. The minimum Gasteiger partial charge on any atom is -0.469 e. The molecule has 100 valence electrons. The first-order valence-electron chi connectivity index (χ1n) is 5.96. The van der Waals surface area contributed by atoms with Gasteiger partial charge in [-0.3, -0.25) is 9.59 Å². The molecule has 0 aliphatic heterocycles. The van der Waals surface area contributed by atoms with E-state index in [1.165, 1.54) is 18.9 Å². The van der Waals surface area contributed by atoms with Crippen LogP contribution in [0.1, 0.15) is 16.8 Å². The third-order valence-corrected chi connectivity index (χ3v) is 3.76. The highest BCUT2D eigenvalue weighted by atomic mass is 32.2. The Balaban J connectivity index is 1.91. The van der Waals surface area contributed by atoms with Gasteiger partial charge in [0, 0.05) is 28.4 Å². The van der Waals surface area contributed by atoms with Crippen LogP contribution < -0.4 is 0 Å². The Kier molecular flexibility index (Phi) is 4.63. The monoisotopic (exact) mass is 277 g/mol. The van der Waals surface area contributed by atoms with Crippen molar-refractivity contribution in [3.63, 3.8) is 0 Å². The number of methoxy groups -OCH3 is 1. The number of carbonyl (C=O) groups excluding carboxylic acids is 2. The summed E-state index contributed by atoms with van der Waals surface area (Å²) in [6.07, 6.45) is 2.08. The number of Topliss-reactive ketones (excluding diaryl/α,β-unsaturated/α-hetero) is 1. The predicted molar refractivity (Wildman–Crippen MR) is 76.6 cm³/mol. The van der Waals surface area contributed by atoms with Crippen molar-refractivity contribution in [3.05, 3.63) is 36.0 Å². The number of esters is 1. The van der Waals surface area contributed by atoms with Gasteiger partial charge in [-0.15, -0.1) is 0 Å². The van der Waals surface area contributed by atoms with Gasteiger partial charge in [0.15, 0.2) is 5.78 Å². The average molecular weight is 277 g/mol. The number of ketones is 1. The standard InChI is InChI=1S/C14H15NO3S/c1-18-14(17)6-7-19-9-13(16)11-8-15-12-5-3-2-4-10(11)12/h2-5,8,15H,6-7,9H2,1H3. The van der Waals surface area contributed by atoms with Crippen LogP contribution in [0.4, 0.5) is 0 Å². The minimum absolute atomic E-state index is 0.0762. The van der Waals surface area contributed by atoms with Gasteiger partial charge < -0.3 is 9.72 Å². The Morgan fingerprint density at radius 2 is 2.11 bits per heavy atom. The van der Waals surface area contributed by atoms with Gasteiger partial charge in [0.25, 0.3) is 0 Å². The van der Waals surface area contributed by atoms with Crippen LogP contribution in [-0.2, 0) is 9.53 Å². The molecule has 0 radical (unpaired) electrons. The van der Waals surface area contributed by atoms with Crippen molar-refractivity contribution >= 4 is 34.4 Å². The van der Waals surface area contributed by atoms with E-state index in [1.54, 1.807) is 6.20 Å². The summed E-state index contributed by atoms with van der Waals surface area (Å²) in [4.78, 5) is 26.1. The summed E-state index contributed by atoms with van der Waals surface area (Å²) in [7, 11) is 1.37. The first-order chi connectivity index (χ1) is 9.22. The Morgan fingerprint density at radius 3 is 2.89 bits per heavy atom. The van der Waals surface area contributed by atoms with Crippen LogP contribution in [-0.4, -0.2) is 35.4 Å². The first kappa shape index (κ1) is 13.7. The molecule has 0 saturated carbocycles. The fraction of sp³-hybridized carbons (Fsp3) is 0.286. The number of ether oxygens (including phenoxy) is 1. The highest BCUT2D eigenvalue weighted by Gasteiger charge is 2.11. The van der Waals surface area contributed by atoms with E-state index in [-0.39, 0.29) is 11.8 Å². The van der Waals surface area contributed by atoms with E-state index in [1.807, 2.05) is 24.3 Å². The maximum atomic E-state index is 12.1. The van der Waals surface area contributed by atoms with Gasteiger partial charge in [-0.2, -0.15) is 11.8 Å². The number of hydrogen-bond acceptors (Lipinski definition) is 4. The number of aromatic amines is 1. The van der Waals surface area contributed by atoms with Crippen LogP contribution in [0.5, 0.6) is 0 Å². The van der Waals surface area contributed by atoms with Crippen LogP contribution in [0.15, 0.2) is 30.5 Å². The number of carbonyl (C=O) groups is 2. The van der Waals surface area contributed by atoms with E-state index in [0.29, 0.717) is 23.5 Å². The van der Waals surface area contributed by atoms with Gasteiger partial charge in [0.1, 0.15) is 0 Å². The average Bonchev–Trinajstić information content (AvgIpc) is 2.87. The van der Waals surface area contributed by atoms with Gasteiger partial charge in [-0.25, -0.2) is 0 Å². The summed E-state index contributed by atoms with van der Waals surface area (Å²) in [6.45, 7) is 0. The fourth-order valence-corrected chi connectivity index (χ4v) is 2.60. The quantitative estimate of drug-likeness (QED) is 0.501. The summed E-state index contributed by atoms with van der Waals surface area (Å²) >= 11 is 1.45. The van der Waals surface area contributed by atoms with E-state index in [4.69, 9.17) is 0 Å². The lowest BCUT2D eigenvalue weighted by atomic mass is 10.1. The third-order valence-electron chi connectivity index (χ3n) is 2.80. The number of para-hydroxylation sites is 1. The smallest absolute Gasteiger partial charge is 0.306 e. The van der Waals surface area contributed by atoms with Crippen LogP contribution >= 0.6 is 11.8 Å². The second-order valence-electron chi connectivity index (χ2n) is 4.05. The van der Waals surface area contributed by atoms with Crippen molar-refractivity contribution in [1.29, 1.82) is 0 Å². The molecule has 4 nitrogen and oxygen atoms in total. The fourth-order valence-electron chi connectivity index (χ4n) is 1.80. The molecule has 0 saturated heterocycles. The molecule has 0 spiro atoms. The lowest BCUT2D eigenvalue weighted by Crippen LogP contribution is -2.05. The molecule has 0 aliphatic carbocycles. The van der Waals surface area contributed by atoms with Crippen molar-refractivity contribution in [2.75, 3.05) is 18.6 Å². The Labute approximate surface area is 115 Å². The Bertz CT molecular complexity index is 591. The zero-order valence-corrected chi connectivity index (χ0v) is 11.5. The van der Waals surface area contributed by atoms with Gasteiger partial charge in [-0.05, 0) is 6.07 Å². The maximum absolute atomic E-state index is 12.1. The molecular weight excluding hydrogens is 262 g/mol. The van der Waals surface area contributed by atoms with Crippen LogP contribution in [0.2, 0.25) is 0 Å². The molecule has 0 bridgehead atoms. The van der Waals surface area contributed by atoms with Crippen molar-refractivity contribution in [2.24, 2.45) is 0 Å². The number of thioether (sulfide) groups is 1. The van der Waals surface area contributed by atoms with Crippen LogP contribution in [0, 0.1) is 0 Å². The first-order valence-corrected chi connectivity index (χ1v) is 7.11. The number of rotatable bonds is 6. The van der Waals surface area contributed by atoms with Crippen LogP contribution in [0.25, 0.3) is 10.9 Å². The molecule has 1 aromatic carbocycles. The molecule has 1 aromatic heterocycles. The number of nitrogens with one attached hydrogen (secondary N) is 1. The zero-order chi connectivity index (χ0) is 13.7. The summed E-state index contributed by atoms with van der Waals surface area (Å²) in [6, 6.07) is 7.71. The van der Waals surface area contributed by atoms with Gasteiger partial charge in [0.05, 0.1) is 19.3 Å². The SMILES string of the molecule is COC(=O)CCSCC(=O)c1c[nH]c2ccccc12. The molecule has 19 heavy (non-hydrogen) atoms. The van der Waals surface area contributed by atoms with Crippen molar-refractivity contribution in [3.8, 4) is 0 Å². The Hall–Kier alpha value is -1.75. The summed E-state index contributed by atoms with van der Waals surface area (Å²) in [5.41, 5.74) is 1.67. The molecule has 0 fully saturated rings. The molecule has 2 aromatic rings. The van der Waals surface area contributed by atoms with Crippen molar-refractivity contribution in [1.82, 2.24) is 4.98 Å². The highest BCUT2D eigenvalue weighted by Crippen LogP contribution is 2.19. The topological polar surface area (TPSA) is 59.2 Å². The molecule has 2 rings (SSSR count). The summed E-state index contributed by atoms with van der Waals surface area (Å²) in [5, 5.41) is 0.945. The highest BCUT2D eigenvalue weighted by molar-refractivity contribution is 8.00. The predicted octanol–water partition coefficient (Wildman–Crippen LogP) is 2.65. The van der Waals surface area contributed by atoms with E-state index in [9.17, 15) is 9.59 Å². The third kappa shape index (κ3) is 3.38. The zero-order valence-electron chi connectivity index (χ0n) is 10.6. The largest absolute Gasteiger partial charge is 0.469 e. The molecule has 1 N–H and O–H groups in total. The number of benzene rings is 1. The van der Waals surface area contributed by atoms with Gasteiger partial charge in [0.2, 0.25) is 0 Å². The molecule has 0 unspecified atom stereocenters. The number of aromatic nitrogens is 1. The molecular formula is C14H15NO3S. The molecule has 1 heterocycles. The number of hydrogen-bond donors (Lipinski definition) is 1. The molecule has 0 atom stereocenters. The number of H-pyrrole nitrogens is 1. The maximum Gasteiger partial charge on any atom is 0.306 e. The van der Waals surface area contributed by atoms with Gasteiger partial charge in [-0.1, -0.05) is 18.2 Å². The number of fused-ring (bicyclic) bond motifs is 1. The van der Waals surface area contributed by atoms with Crippen LogP contribution in [0.3, 0.4) is 0 Å². The second kappa shape index (κ2) is 6.43. The van der Waals surface area contributed by atoms with Crippen molar-refractivity contribution in [2.45, 2.75) is 6.42 Å². The molecule has 5 heteroatoms. The lowest BCUT2D eigenvalue weighted by molar-refractivity contribution is -0.140. The molecule has 0 aliphatic rings. The van der Waals surface area contributed by atoms with E-state index in [2.05, 4.69) is 9.72 Å². The van der Waals surface area contributed by atoms with E-state index < -0.39 is 0 Å². The lowest BCUT2D eigenvalue weighted by Gasteiger charge is -2.00. The van der Waals surface area contributed by atoms with E-state index >= 15 is 0 Å². The molecule has 0 amide bonds. The summed E-state index contributed by atoms with van der Waals surface area (Å²) in [5.74, 6) is 0.805. The minimum atomic E-state index is -0.243.